The quantitative estimate of drug-likeness (QED) is 0.784. The summed E-state index contributed by atoms with van der Waals surface area (Å²) in [4.78, 5) is 13.9. The van der Waals surface area contributed by atoms with Crippen LogP contribution in [0.2, 0.25) is 0 Å². The Bertz CT molecular complexity index is 697. The number of benzene rings is 1. The molecule has 128 valence electrons. The van der Waals surface area contributed by atoms with Crippen LogP contribution in [0.4, 0.5) is 4.39 Å². The predicted octanol–water partition coefficient (Wildman–Crippen LogP) is 2.61. The smallest absolute Gasteiger partial charge is 0.320 e. The standard InChI is InChI=1S/C14H17FN2O4.C2H6/c1-6-9-7(4-8(16)14(18)19)5-17-11(9)13(21-3)12(20-2)10(6)15;1-2/h5,8,17H,4,16H2,1-3H3,(H,18,19);1-2H3. The molecule has 1 unspecified atom stereocenters. The highest BCUT2D eigenvalue weighted by Gasteiger charge is 2.23. The number of aromatic nitrogens is 1. The Labute approximate surface area is 134 Å². The highest BCUT2D eigenvalue weighted by molar-refractivity contribution is 5.94. The number of nitrogens with two attached hydrogens (primary N) is 1. The van der Waals surface area contributed by atoms with Crippen molar-refractivity contribution in [2.45, 2.75) is 33.2 Å². The minimum atomic E-state index is -1.11. The Morgan fingerprint density at radius 3 is 2.39 bits per heavy atom. The molecule has 2 rings (SSSR count). The molecule has 0 saturated carbocycles. The van der Waals surface area contributed by atoms with Gasteiger partial charge in [-0.3, -0.25) is 4.79 Å². The number of hydrogen-bond donors (Lipinski definition) is 3. The molecule has 0 radical (unpaired) electrons. The molecule has 6 nitrogen and oxygen atoms in total. The molecule has 1 atom stereocenters. The van der Waals surface area contributed by atoms with Gasteiger partial charge in [0.05, 0.1) is 19.7 Å². The molecule has 0 aliphatic carbocycles. The molecule has 7 heteroatoms. The van der Waals surface area contributed by atoms with Crippen LogP contribution in [0, 0.1) is 12.7 Å². The Balaban J connectivity index is 0.00000127. The molecule has 4 N–H and O–H groups in total. The summed E-state index contributed by atoms with van der Waals surface area (Å²) in [5, 5.41) is 9.48. The summed E-state index contributed by atoms with van der Waals surface area (Å²) in [6.07, 6.45) is 1.70. The van der Waals surface area contributed by atoms with Crippen molar-refractivity contribution in [3.8, 4) is 11.5 Å². The van der Waals surface area contributed by atoms with Crippen LogP contribution in [-0.2, 0) is 11.2 Å². The van der Waals surface area contributed by atoms with Gasteiger partial charge >= 0.3 is 5.97 Å². The van der Waals surface area contributed by atoms with Crippen molar-refractivity contribution >= 4 is 16.9 Å². The molecule has 23 heavy (non-hydrogen) atoms. The van der Waals surface area contributed by atoms with Gasteiger partial charge in [-0.05, 0) is 18.1 Å². The van der Waals surface area contributed by atoms with Crippen LogP contribution < -0.4 is 15.2 Å². The van der Waals surface area contributed by atoms with Crippen LogP contribution in [0.15, 0.2) is 6.20 Å². The fourth-order valence-corrected chi connectivity index (χ4v) is 2.43. The number of ether oxygens (including phenoxy) is 2. The molecular formula is C16H23FN2O4. The Kier molecular flexibility index (Phi) is 6.38. The molecule has 2 aromatic rings. The zero-order valence-corrected chi connectivity index (χ0v) is 14.0. The molecule has 0 amide bonds. The van der Waals surface area contributed by atoms with Crippen LogP contribution in [0.1, 0.15) is 25.0 Å². The van der Waals surface area contributed by atoms with Crippen molar-refractivity contribution in [1.29, 1.82) is 0 Å². The lowest BCUT2D eigenvalue weighted by Gasteiger charge is -2.13. The van der Waals surface area contributed by atoms with E-state index in [2.05, 4.69) is 4.98 Å². The number of carboxylic acids is 1. The molecule has 1 aromatic carbocycles. The van der Waals surface area contributed by atoms with E-state index in [1.807, 2.05) is 13.8 Å². The monoisotopic (exact) mass is 326 g/mol. The van der Waals surface area contributed by atoms with Crippen molar-refractivity contribution in [2.75, 3.05) is 14.2 Å². The molecule has 0 spiro atoms. The summed E-state index contributed by atoms with van der Waals surface area (Å²) in [6, 6.07) is -1.06. The summed E-state index contributed by atoms with van der Waals surface area (Å²) in [6.45, 7) is 5.60. The minimum absolute atomic E-state index is 0.0124. The first-order chi connectivity index (χ1) is 10.9. The maximum Gasteiger partial charge on any atom is 0.320 e. The third kappa shape index (κ3) is 3.39. The second kappa shape index (κ2) is 7.82. The maximum atomic E-state index is 14.4. The first kappa shape index (κ1) is 18.8. The van der Waals surface area contributed by atoms with E-state index < -0.39 is 17.8 Å². The zero-order chi connectivity index (χ0) is 17.7. The lowest BCUT2D eigenvalue weighted by Crippen LogP contribution is -2.32. The van der Waals surface area contributed by atoms with Crippen molar-refractivity contribution in [3.05, 3.63) is 23.1 Å². The number of methoxy groups -OCH3 is 2. The lowest BCUT2D eigenvalue weighted by molar-refractivity contribution is -0.138. The first-order valence-electron chi connectivity index (χ1n) is 7.30. The van der Waals surface area contributed by atoms with Crippen molar-refractivity contribution in [2.24, 2.45) is 5.73 Å². The van der Waals surface area contributed by atoms with Crippen molar-refractivity contribution in [1.82, 2.24) is 4.98 Å². The third-order valence-electron chi connectivity index (χ3n) is 3.46. The van der Waals surface area contributed by atoms with Gasteiger partial charge in [-0.25, -0.2) is 4.39 Å². The number of hydrogen-bond acceptors (Lipinski definition) is 4. The maximum absolute atomic E-state index is 14.4. The molecule has 0 aliphatic heterocycles. The summed E-state index contributed by atoms with van der Waals surface area (Å²) in [7, 11) is 2.77. The van der Waals surface area contributed by atoms with E-state index in [1.165, 1.54) is 14.2 Å². The normalized spacial score (nSPS) is 11.6. The highest BCUT2D eigenvalue weighted by Crippen LogP contribution is 2.41. The number of halogens is 1. The van der Waals surface area contributed by atoms with E-state index in [0.717, 1.165) is 0 Å². The Morgan fingerprint density at radius 2 is 1.91 bits per heavy atom. The van der Waals surface area contributed by atoms with Crippen LogP contribution in [0.5, 0.6) is 11.5 Å². The number of H-pyrrole nitrogens is 1. The van der Waals surface area contributed by atoms with Gasteiger partial charge in [0.15, 0.2) is 17.3 Å². The van der Waals surface area contributed by atoms with Gasteiger partial charge in [0.25, 0.3) is 0 Å². The molecule has 1 heterocycles. The highest BCUT2D eigenvalue weighted by atomic mass is 19.1. The topological polar surface area (TPSA) is 97.6 Å². The van der Waals surface area contributed by atoms with E-state index in [-0.39, 0.29) is 17.9 Å². The molecule has 0 aliphatic rings. The van der Waals surface area contributed by atoms with Crippen LogP contribution in [0.3, 0.4) is 0 Å². The molecule has 0 bridgehead atoms. The van der Waals surface area contributed by atoms with Crippen LogP contribution >= 0.6 is 0 Å². The number of rotatable bonds is 5. The van der Waals surface area contributed by atoms with Gasteiger partial charge in [-0.1, -0.05) is 13.8 Å². The number of carboxylic acid groups (broad SMARTS) is 1. The average Bonchev–Trinajstić information content (AvgIpc) is 2.96. The summed E-state index contributed by atoms with van der Waals surface area (Å²) >= 11 is 0. The van der Waals surface area contributed by atoms with Gasteiger partial charge in [-0.2, -0.15) is 0 Å². The second-order valence-corrected chi connectivity index (χ2v) is 4.72. The van der Waals surface area contributed by atoms with E-state index in [0.29, 0.717) is 22.0 Å². The van der Waals surface area contributed by atoms with Gasteiger partial charge < -0.3 is 25.3 Å². The molecule has 1 aromatic heterocycles. The molecule has 0 saturated heterocycles. The average molecular weight is 326 g/mol. The summed E-state index contributed by atoms with van der Waals surface area (Å²) < 4.78 is 24.6. The van der Waals surface area contributed by atoms with Gasteiger partial charge in [0, 0.05) is 18.0 Å². The van der Waals surface area contributed by atoms with Gasteiger partial charge in [0.2, 0.25) is 0 Å². The number of aliphatic carboxylic acids is 1. The Hall–Kier alpha value is -2.28. The lowest BCUT2D eigenvalue weighted by atomic mass is 10.0. The predicted molar refractivity (Wildman–Crippen MR) is 86.8 cm³/mol. The number of aromatic amines is 1. The number of fused-ring (bicyclic) bond motifs is 1. The van der Waals surface area contributed by atoms with Crippen molar-refractivity contribution in [3.63, 3.8) is 0 Å². The van der Waals surface area contributed by atoms with Crippen LogP contribution in [0.25, 0.3) is 10.9 Å². The van der Waals surface area contributed by atoms with E-state index in [1.54, 1.807) is 13.1 Å². The second-order valence-electron chi connectivity index (χ2n) is 4.72. The molecular weight excluding hydrogens is 303 g/mol. The summed E-state index contributed by atoms with van der Waals surface area (Å²) in [5.74, 6) is -1.39. The number of nitrogens with one attached hydrogen (secondary N) is 1. The number of aryl methyl sites for hydroxylation is 1. The first-order valence-corrected chi connectivity index (χ1v) is 7.30. The minimum Gasteiger partial charge on any atom is -0.491 e. The van der Waals surface area contributed by atoms with Gasteiger partial charge in [0.1, 0.15) is 6.04 Å². The van der Waals surface area contributed by atoms with E-state index in [9.17, 15) is 9.18 Å². The van der Waals surface area contributed by atoms with E-state index in [4.69, 9.17) is 20.3 Å². The largest absolute Gasteiger partial charge is 0.491 e. The fraction of sp³-hybridized carbons (Fsp3) is 0.438. The SMILES string of the molecule is CC.COc1c(F)c(C)c2c(CC(N)C(=O)O)c[nH]c2c1OC. The summed E-state index contributed by atoms with van der Waals surface area (Å²) in [5.41, 5.74) is 7.09. The van der Waals surface area contributed by atoms with Crippen molar-refractivity contribution < 1.29 is 23.8 Å². The fourth-order valence-electron chi connectivity index (χ4n) is 2.43. The van der Waals surface area contributed by atoms with Crippen LogP contribution in [-0.4, -0.2) is 36.3 Å². The van der Waals surface area contributed by atoms with Gasteiger partial charge in [-0.15, -0.1) is 0 Å². The van der Waals surface area contributed by atoms with E-state index >= 15 is 0 Å². The zero-order valence-electron chi connectivity index (χ0n) is 14.0. The molecule has 0 fully saturated rings. The number of carbonyl (C=O) groups is 1. The third-order valence-corrected chi connectivity index (χ3v) is 3.46. The Morgan fingerprint density at radius 1 is 1.35 bits per heavy atom.